The first-order chi connectivity index (χ1) is 8.52. The molecule has 0 spiro atoms. The van der Waals surface area contributed by atoms with Gasteiger partial charge in [0.25, 0.3) is 0 Å². The highest BCUT2D eigenvalue weighted by Crippen LogP contribution is 2.18. The molecule has 1 aromatic rings. The standard InChI is InChI=1S/C15H23BrFN/c1-4-7-18-15(11(2)3)6-5-12-8-13(16)10-14(17)9-12/h8-11,15,18H,4-7H2,1-3H3. The van der Waals surface area contributed by atoms with E-state index in [1.807, 2.05) is 6.07 Å². The van der Waals surface area contributed by atoms with Crippen LogP contribution < -0.4 is 5.32 Å². The molecule has 0 amide bonds. The van der Waals surface area contributed by atoms with Crippen molar-refractivity contribution in [3.8, 4) is 0 Å². The van der Waals surface area contributed by atoms with E-state index >= 15 is 0 Å². The summed E-state index contributed by atoms with van der Waals surface area (Å²) in [5, 5.41) is 3.56. The van der Waals surface area contributed by atoms with E-state index in [2.05, 4.69) is 42.0 Å². The average molecular weight is 316 g/mol. The van der Waals surface area contributed by atoms with Crippen LogP contribution in [0.3, 0.4) is 0 Å². The molecular weight excluding hydrogens is 293 g/mol. The Hall–Kier alpha value is -0.410. The SMILES string of the molecule is CCCNC(CCc1cc(F)cc(Br)c1)C(C)C. The van der Waals surface area contributed by atoms with Crippen LogP contribution in [0.2, 0.25) is 0 Å². The summed E-state index contributed by atoms with van der Waals surface area (Å²) in [6.45, 7) is 7.69. The normalized spacial score (nSPS) is 13.0. The maximum Gasteiger partial charge on any atom is 0.124 e. The molecule has 0 aliphatic carbocycles. The molecule has 1 nitrogen and oxygen atoms in total. The molecule has 0 saturated carbocycles. The topological polar surface area (TPSA) is 12.0 Å². The zero-order chi connectivity index (χ0) is 13.5. The predicted molar refractivity (Wildman–Crippen MR) is 79.3 cm³/mol. The minimum atomic E-state index is -0.165. The Bertz CT molecular complexity index is 345. The largest absolute Gasteiger partial charge is 0.314 e. The van der Waals surface area contributed by atoms with Gasteiger partial charge in [-0.2, -0.15) is 0 Å². The summed E-state index contributed by atoms with van der Waals surface area (Å²) < 4.78 is 14.1. The number of hydrogen-bond donors (Lipinski definition) is 1. The highest BCUT2D eigenvalue weighted by molar-refractivity contribution is 9.10. The van der Waals surface area contributed by atoms with Crippen LogP contribution >= 0.6 is 15.9 Å². The molecule has 0 aliphatic heterocycles. The number of rotatable bonds is 7. The van der Waals surface area contributed by atoms with E-state index in [0.29, 0.717) is 12.0 Å². The zero-order valence-electron chi connectivity index (χ0n) is 11.5. The first kappa shape index (κ1) is 15.6. The van der Waals surface area contributed by atoms with Crippen molar-refractivity contribution in [2.24, 2.45) is 5.92 Å². The van der Waals surface area contributed by atoms with Gasteiger partial charge >= 0.3 is 0 Å². The molecule has 1 N–H and O–H groups in total. The smallest absolute Gasteiger partial charge is 0.124 e. The number of halogens is 2. The van der Waals surface area contributed by atoms with E-state index in [1.165, 1.54) is 6.07 Å². The van der Waals surface area contributed by atoms with Crippen LogP contribution in [0, 0.1) is 11.7 Å². The lowest BCUT2D eigenvalue weighted by molar-refractivity contribution is 0.378. The summed E-state index contributed by atoms with van der Waals surface area (Å²) in [6.07, 6.45) is 3.11. The highest BCUT2D eigenvalue weighted by Gasteiger charge is 2.12. The summed E-state index contributed by atoms with van der Waals surface area (Å²) in [5.41, 5.74) is 1.06. The predicted octanol–water partition coefficient (Wildman–Crippen LogP) is 4.55. The maximum absolute atomic E-state index is 13.3. The van der Waals surface area contributed by atoms with Crippen molar-refractivity contribution in [2.75, 3.05) is 6.54 Å². The Balaban J connectivity index is 2.55. The van der Waals surface area contributed by atoms with Gasteiger partial charge in [0.05, 0.1) is 0 Å². The lowest BCUT2D eigenvalue weighted by Crippen LogP contribution is -2.34. The van der Waals surface area contributed by atoms with Crippen LogP contribution in [0.25, 0.3) is 0 Å². The fourth-order valence-corrected chi connectivity index (χ4v) is 2.59. The fraction of sp³-hybridized carbons (Fsp3) is 0.600. The van der Waals surface area contributed by atoms with Gasteiger partial charge in [0, 0.05) is 10.5 Å². The average Bonchev–Trinajstić information content (AvgIpc) is 2.27. The number of benzene rings is 1. The van der Waals surface area contributed by atoms with Crippen LogP contribution in [-0.2, 0) is 6.42 Å². The third-order valence-electron chi connectivity index (χ3n) is 3.13. The van der Waals surface area contributed by atoms with Crippen LogP contribution in [0.5, 0.6) is 0 Å². The van der Waals surface area contributed by atoms with Gasteiger partial charge in [0.2, 0.25) is 0 Å². The summed E-state index contributed by atoms with van der Waals surface area (Å²) in [6, 6.07) is 5.63. The van der Waals surface area contributed by atoms with Crippen molar-refractivity contribution in [2.45, 2.75) is 46.1 Å². The first-order valence-corrected chi connectivity index (χ1v) is 7.50. The van der Waals surface area contributed by atoms with Crippen molar-refractivity contribution >= 4 is 15.9 Å². The van der Waals surface area contributed by atoms with E-state index in [0.717, 1.165) is 35.8 Å². The van der Waals surface area contributed by atoms with E-state index in [9.17, 15) is 4.39 Å². The van der Waals surface area contributed by atoms with E-state index in [-0.39, 0.29) is 5.82 Å². The summed E-state index contributed by atoms with van der Waals surface area (Å²) in [5.74, 6) is 0.440. The third-order valence-corrected chi connectivity index (χ3v) is 3.59. The molecule has 1 atom stereocenters. The third kappa shape index (κ3) is 5.49. The molecule has 102 valence electrons. The van der Waals surface area contributed by atoms with Crippen molar-refractivity contribution in [1.82, 2.24) is 5.32 Å². The van der Waals surface area contributed by atoms with Crippen LogP contribution in [0.15, 0.2) is 22.7 Å². The molecule has 18 heavy (non-hydrogen) atoms. The van der Waals surface area contributed by atoms with Crippen molar-refractivity contribution < 1.29 is 4.39 Å². The Morgan fingerprint density at radius 1 is 1.28 bits per heavy atom. The second kappa shape index (κ2) is 7.90. The zero-order valence-corrected chi connectivity index (χ0v) is 13.1. The second-order valence-corrected chi connectivity index (χ2v) is 6.04. The quantitative estimate of drug-likeness (QED) is 0.778. The molecule has 0 saturated heterocycles. The minimum absolute atomic E-state index is 0.165. The Kier molecular flexibility index (Phi) is 6.87. The second-order valence-electron chi connectivity index (χ2n) is 5.12. The van der Waals surface area contributed by atoms with Gasteiger partial charge in [-0.1, -0.05) is 36.7 Å². The van der Waals surface area contributed by atoms with Crippen LogP contribution in [0.1, 0.15) is 39.2 Å². The summed E-state index contributed by atoms with van der Waals surface area (Å²) in [7, 11) is 0. The summed E-state index contributed by atoms with van der Waals surface area (Å²) >= 11 is 3.34. The van der Waals surface area contributed by atoms with Crippen molar-refractivity contribution in [3.63, 3.8) is 0 Å². The number of hydrogen-bond acceptors (Lipinski definition) is 1. The molecule has 0 aromatic heterocycles. The van der Waals surface area contributed by atoms with E-state index < -0.39 is 0 Å². The molecule has 1 rings (SSSR count). The monoisotopic (exact) mass is 315 g/mol. The van der Waals surface area contributed by atoms with Gasteiger partial charge in [0.15, 0.2) is 0 Å². The van der Waals surface area contributed by atoms with Gasteiger partial charge in [-0.3, -0.25) is 0 Å². The van der Waals surface area contributed by atoms with E-state index in [4.69, 9.17) is 0 Å². The van der Waals surface area contributed by atoms with Gasteiger partial charge in [0.1, 0.15) is 5.82 Å². The van der Waals surface area contributed by atoms with Crippen molar-refractivity contribution in [1.29, 1.82) is 0 Å². The Morgan fingerprint density at radius 2 is 2.00 bits per heavy atom. The van der Waals surface area contributed by atoms with Crippen LogP contribution in [0.4, 0.5) is 4.39 Å². The molecule has 0 fully saturated rings. The van der Waals surface area contributed by atoms with Gasteiger partial charge in [-0.25, -0.2) is 4.39 Å². The molecule has 0 bridgehead atoms. The minimum Gasteiger partial charge on any atom is -0.314 e. The lowest BCUT2D eigenvalue weighted by atomic mass is 9.96. The molecule has 1 aromatic carbocycles. The Morgan fingerprint density at radius 3 is 2.56 bits per heavy atom. The molecule has 1 unspecified atom stereocenters. The van der Waals surface area contributed by atoms with Gasteiger partial charge < -0.3 is 5.32 Å². The number of aryl methyl sites for hydroxylation is 1. The molecule has 0 aliphatic rings. The highest BCUT2D eigenvalue weighted by atomic mass is 79.9. The van der Waals surface area contributed by atoms with E-state index in [1.54, 1.807) is 6.07 Å². The Labute approximate surface area is 118 Å². The maximum atomic E-state index is 13.3. The molecule has 3 heteroatoms. The first-order valence-electron chi connectivity index (χ1n) is 6.71. The van der Waals surface area contributed by atoms with Gasteiger partial charge in [-0.15, -0.1) is 0 Å². The van der Waals surface area contributed by atoms with Gasteiger partial charge in [-0.05, 0) is 55.5 Å². The molecule has 0 heterocycles. The molecule has 0 radical (unpaired) electrons. The fourth-order valence-electron chi connectivity index (χ4n) is 2.08. The van der Waals surface area contributed by atoms with Crippen LogP contribution in [-0.4, -0.2) is 12.6 Å². The lowest BCUT2D eigenvalue weighted by Gasteiger charge is -2.22. The number of nitrogens with one attached hydrogen (secondary N) is 1. The summed E-state index contributed by atoms with van der Waals surface area (Å²) in [4.78, 5) is 0. The van der Waals surface area contributed by atoms with Crippen molar-refractivity contribution in [3.05, 3.63) is 34.1 Å². The molecular formula is C15H23BrFN.